The van der Waals surface area contributed by atoms with E-state index in [9.17, 15) is 5.11 Å². The van der Waals surface area contributed by atoms with Crippen LogP contribution in [-0.4, -0.2) is 5.11 Å². The summed E-state index contributed by atoms with van der Waals surface area (Å²) in [4.78, 5) is 0. The number of aliphatic hydroxyl groups is 1. The van der Waals surface area contributed by atoms with Crippen molar-refractivity contribution in [1.29, 1.82) is 0 Å². The summed E-state index contributed by atoms with van der Waals surface area (Å²) in [5.41, 5.74) is 3.07. The predicted molar refractivity (Wildman–Crippen MR) is 78.1 cm³/mol. The molecule has 0 unspecified atom stereocenters. The molecule has 0 saturated carbocycles. The molecule has 0 radical (unpaired) electrons. The van der Waals surface area contributed by atoms with E-state index < -0.39 is 6.10 Å². The van der Waals surface area contributed by atoms with Gasteiger partial charge < -0.3 is 9.84 Å². The Morgan fingerprint density at radius 1 is 1.05 bits per heavy atom. The van der Waals surface area contributed by atoms with Crippen LogP contribution in [-0.2, 0) is 0 Å². The maximum absolute atomic E-state index is 9.50. The van der Waals surface area contributed by atoms with Gasteiger partial charge in [-0.1, -0.05) is 23.7 Å². The van der Waals surface area contributed by atoms with Crippen LogP contribution in [0.5, 0.6) is 11.5 Å². The van der Waals surface area contributed by atoms with Gasteiger partial charge in [-0.25, -0.2) is 0 Å². The highest BCUT2D eigenvalue weighted by Gasteiger charge is 2.08. The molecule has 100 valence electrons. The van der Waals surface area contributed by atoms with Crippen molar-refractivity contribution in [3.8, 4) is 11.5 Å². The number of aliphatic hydroxyl groups excluding tert-OH is 1. The average molecular weight is 277 g/mol. The van der Waals surface area contributed by atoms with Crippen LogP contribution in [0.2, 0.25) is 5.02 Å². The molecule has 0 aliphatic rings. The van der Waals surface area contributed by atoms with E-state index in [0.717, 1.165) is 22.4 Å². The molecular weight excluding hydrogens is 260 g/mol. The molecule has 0 bridgehead atoms. The second-order valence-corrected chi connectivity index (χ2v) is 5.20. The van der Waals surface area contributed by atoms with Crippen molar-refractivity contribution < 1.29 is 9.84 Å². The fraction of sp³-hybridized carbons (Fsp3) is 0.250. The zero-order valence-corrected chi connectivity index (χ0v) is 12.0. The predicted octanol–water partition coefficient (Wildman–Crippen LogP) is 4.80. The second kappa shape index (κ2) is 5.64. The zero-order chi connectivity index (χ0) is 14.0. The van der Waals surface area contributed by atoms with Gasteiger partial charge in [0, 0.05) is 0 Å². The maximum Gasteiger partial charge on any atom is 0.146 e. The molecule has 0 amide bonds. The molecule has 2 aromatic rings. The van der Waals surface area contributed by atoms with Crippen LogP contribution in [0, 0.1) is 13.8 Å². The van der Waals surface area contributed by atoms with Gasteiger partial charge in [-0.2, -0.15) is 0 Å². The van der Waals surface area contributed by atoms with E-state index in [1.807, 2.05) is 32.0 Å². The van der Waals surface area contributed by atoms with Gasteiger partial charge in [0.05, 0.1) is 11.1 Å². The highest BCUT2D eigenvalue weighted by molar-refractivity contribution is 6.32. The van der Waals surface area contributed by atoms with Gasteiger partial charge in [0.1, 0.15) is 11.5 Å². The van der Waals surface area contributed by atoms with Crippen molar-refractivity contribution in [3.63, 3.8) is 0 Å². The summed E-state index contributed by atoms with van der Waals surface area (Å²) >= 11 is 6.17. The Labute approximate surface area is 118 Å². The van der Waals surface area contributed by atoms with Crippen molar-refractivity contribution >= 4 is 11.6 Å². The van der Waals surface area contributed by atoms with Crippen LogP contribution in [0.4, 0.5) is 0 Å². The van der Waals surface area contributed by atoms with E-state index in [4.69, 9.17) is 16.3 Å². The lowest BCUT2D eigenvalue weighted by atomic mass is 10.1. The lowest BCUT2D eigenvalue weighted by Gasteiger charge is -2.11. The minimum absolute atomic E-state index is 0.498. The van der Waals surface area contributed by atoms with Crippen molar-refractivity contribution in [3.05, 3.63) is 58.1 Å². The second-order valence-electron chi connectivity index (χ2n) is 4.79. The Hall–Kier alpha value is -1.51. The fourth-order valence-corrected chi connectivity index (χ4v) is 2.21. The molecule has 0 heterocycles. The standard InChI is InChI=1S/C16H17ClO2/c1-10-6-11(2)8-14(7-10)19-16-5-4-13(12(3)18)9-15(16)17/h4-9,12,18H,1-3H3/t12-/m0/s1. The third kappa shape index (κ3) is 3.49. The van der Waals surface area contributed by atoms with E-state index in [2.05, 4.69) is 6.07 Å². The van der Waals surface area contributed by atoms with Gasteiger partial charge in [0.15, 0.2) is 0 Å². The van der Waals surface area contributed by atoms with Gasteiger partial charge in [0.2, 0.25) is 0 Å². The van der Waals surface area contributed by atoms with Gasteiger partial charge in [-0.15, -0.1) is 0 Å². The number of hydrogen-bond donors (Lipinski definition) is 1. The molecule has 1 N–H and O–H groups in total. The number of aryl methyl sites for hydroxylation is 2. The number of benzene rings is 2. The third-order valence-electron chi connectivity index (χ3n) is 2.86. The van der Waals surface area contributed by atoms with Crippen LogP contribution in [0.25, 0.3) is 0 Å². The largest absolute Gasteiger partial charge is 0.456 e. The first-order valence-electron chi connectivity index (χ1n) is 6.19. The topological polar surface area (TPSA) is 29.5 Å². The summed E-state index contributed by atoms with van der Waals surface area (Å²) in [7, 11) is 0. The zero-order valence-electron chi connectivity index (χ0n) is 11.3. The van der Waals surface area contributed by atoms with Crippen molar-refractivity contribution in [2.24, 2.45) is 0 Å². The SMILES string of the molecule is Cc1cc(C)cc(Oc2ccc([C@H](C)O)cc2Cl)c1. The minimum Gasteiger partial charge on any atom is -0.456 e. The number of rotatable bonds is 3. The summed E-state index contributed by atoms with van der Waals surface area (Å²) in [6.45, 7) is 5.76. The van der Waals surface area contributed by atoms with Crippen LogP contribution in [0.3, 0.4) is 0 Å². The lowest BCUT2D eigenvalue weighted by Crippen LogP contribution is -1.92. The van der Waals surface area contributed by atoms with E-state index in [1.165, 1.54) is 0 Å². The highest BCUT2D eigenvalue weighted by Crippen LogP contribution is 2.32. The Morgan fingerprint density at radius 2 is 1.68 bits per heavy atom. The molecule has 0 aliphatic carbocycles. The van der Waals surface area contributed by atoms with E-state index in [0.29, 0.717) is 10.8 Å². The normalized spacial score (nSPS) is 12.3. The first kappa shape index (κ1) is 13.9. The molecule has 2 aromatic carbocycles. The van der Waals surface area contributed by atoms with E-state index in [1.54, 1.807) is 19.1 Å². The summed E-state index contributed by atoms with van der Waals surface area (Å²) in [6.07, 6.45) is -0.534. The van der Waals surface area contributed by atoms with E-state index >= 15 is 0 Å². The Balaban J connectivity index is 2.28. The van der Waals surface area contributed by atoms with Gasteiger partial charge in [-0.3, -0.25) is 0 Å². The molecule has 0 aromatic heterocycles. The van der Waals surface area contributed by atoms with Gasteiger partial charge in [0.25, 0.3) is 0 Å². The summed E-state index contributed by atoms with van der Waals surface area (Å²) < 4.78 is 5.79. The highest BCUT2D eigenvalue weighted by atomic mass is 35.5. The van der Waals surface area contributed by atoms with Crippen LogP contribution in [0.1, 0.15) is 29.7 Å². The summed E-state index contributed by atoms with van der Waals surface area (Å²) in [5.74, 6) is 1.36. The smallest absolute Gasteiger partial charge is 0.146 e. The van der Waals surface area contributed by atoms with Crippen molar-refractivity contribution in [2.45, 2.75) is 26.9 Å². The minimum atomic E-state index is -0.534. The number of halogens is 1. The van der Waals surface area contributed by atoms with Gasteiger partial charge in [-0.05, 0) is 61.7 Å². The lowest BCUT2D eigenvalue weighted by molar-refractivity contribution is 0.199. The van der Waals surface area contributed by atoms with Crippen LogP contribution in [0.15, 0.2) is 36.4 Å². The first-order chi connectivity index (χ1) is 8.95. The molecule has 0 fully saturated rings. The number of ether oxygens (including phenoxy) is 1. The Kier molecular flexibility index (Phi) is 4.13. The third-order valence-corrected chi connectivity index (χ3v) is 3.16. The summed E-state index contributed by atoms with van der Waals surface area (Å²) in [5, 5.41) is 10.00. The Bertz CT molecular complexity index is 571. The molecule has 0 saturated heterocycles. The molecule has 19 heavy (non-hydrogen) atoms. The molecule has 0 spiro atoms. The molecule has 2 rings (SSSR count). The van der Waals surface area contributed by atoms with Gasteiger partial charge >= 0.3 is 0 Å². The molecule has 3 heteroatoms. The quantitative estimate of drug-likeness (QED) is 0.872. The van der Waals surface area contributed by atoms with E-state index in [-0.39, 0.29) is 0 Å². The van der Waals surface area contributed by atoms with Crippen LogP contribution < -0.4 is 4.74 Å². The molecule has 2 nitrogen and oxygen atoms in total. The summed E-state index contributed by atoms with van der Waals surface area (Å²) in [6, 6.07) is 11.3. The molecule has 0 aliphatic heterocycles. The van der Waals surface area contributed by atoms with Crippen molar-refractivity contribution in [1.82, 2.24) is 0 Å². The first-order valence-corrected chi connectivity index (χ1v) is 6.57. The maximum atomic E-state index is 9.50. The fourth-order valence-electron chi connectivity index (χ4n) is 1.98. The monoisotopic (exact) mass is 276 g/mol. The molecule has 1 atom stereocenters. The van der Waals surface area contributed by atoms with Crippen LogP contribution >= 0.6 is 11.6 Å². The van der Waals surface area contributed by atoms with Crippen molar-refractivity contribution in [2.75, 3.05) is 0 Å². The molecular formula is C16H17ClO2. The average Bonchev–Trinajstić information content (AvgIpc) is 2.30. The Morgan fingerprint density at radius 3 is 2.21 bits per heavy atom. The number of hydrogen-bond acceptors (Lipinski definition) is 2.